The van der Waals surface area contributed by atoms with Crippen molar-refractivity contribution in [1.29, 1.82) is 0 Å². The third-order valence-corrected chi connectivity index (χ3v) is 4.03. The van der Waals surface area contributed by atoms with E-state index >= 15 is 0 Å². The number of hydrogen-bond acceptors (Lipinski definition) is 2. The van der Waals surface area contributed by atoms with Gasteiger partial charge in [-0.25, -0.2) is 0 Å². The van der Waals surface area contributed by atoms with E-state index in [2.05, 4.69) is 18.7 Å². The van der Waals surface area contributed by atoms with Crippen LogP contribution >= 0.6 is 12.4 Å². The smallest absolute Gasteiger partial charge is 0.225 e. The van der Waals surface area contributed by atoms with Crippen LogP contribution < -0.4 is 5.73 Å². The Hall–Kier alpha value is -0.280. The maximum atomic E-state index is 12.3. The van der Waals surface area contributed by atoms with E-state index in [-0.39, 0.29) is 24.4 Å². The molecule has 1 heterocycles. The van der Waals surface area contributed by atoms with Gasteiger partial charge in [-0.1, -0.05) is 13.8 Å². The lowest BCUT2D eigenvalue weighted by atomic mass is 9.83. The molecule has 2 atom stereocenters. The molecule has 0 spiro atoms. The van der Waals surface area contributed by atoms with Gasteiger partial charge in [0.05, 0.1) is 0 Å². The minimum Gasteiger partial charge on any atom is -0.342 e. The van der Waals surface area contributed by atoms with Crippen molar-refractivity contribution in [3.8, 4) is 0 Å². The normalized spacial score (nSPS) is 32.1. The second kappa shape index (κ2) is 5.57. The molecule has 1 saturated heterocycles. The Morgan fingerprint density at radius 3 is 2.59 bits per heavy atom. The molecule has 2 aliphatic rings. The molecular formula is C13H25ClN2O. The van der Waals surface area contributed by atoms with Gasteiger partial charge in [-0.05, 0) is 37.5 Å². The summed E-state index contributed by atoms with van der Waals surface area (Å²) < 4.78 is 0. The molecule has 0 aromatic rings. The number of piperidine rings is 1. The molecular weight excluding hydrogens is 236 g/mol. The lowest BCUT2D eigenvalue weighted by molar-refractivity contribution is -0.138. The van der Waals surface area contributed by atoms with Gasteiger partial charge in [0.2, 0.25) is 5.91 Å². The Bertz CT molecular complexity index is 281. The summed E-state index contributed by atoms with van der Waals surface area (Å²) in [5, 5.41) is 0. The molecule has 1 saturated carbocycles. The summed E-state index contributed by atoms with van der Waals surface area (Å²) in [5.41, 5.74) is 6.18. The summed E-state index contributed by atoms with van der Waals surface area (Å²) in [7, 11) is 0. The number of nitrogens with two attached hydrogens (primary N) is 1. The molecule has 0 aromatic carbocycles. The highest BCUT2D eigenvalue weighted by Gasteiger charge is 2.35. The quantitative estimate of drug-likeness (QED) is 0.786. The zero-order chi connectivity index (χ0) is 11.8. The number of halogens is 1. The first-order valence-electron chi connectivity index (χ1n) is 6.52. The van der Waals surface area contributed by atoms with E-state index in [0.29, 0.717) is 11.3 Å². The van der Waals surface area contributed by atoms with E-state index in [1.165, 1.54) is 6.42 Å². The SMILES string of the molecule is CC1(C)CCCN(C(=O)C2CCC(N)C2)C1.Cl. The highest BCUT2D eigenvalue weighted by atomic mass is 35.5. The van der Waals surface area contributed by atoms with Crippen LogP contribution in [0.1, 0.15) is 46.0 Å². The van der Waals surface area contributed by atoms with E-state index in [0.717, 1.165) is 38.8 Å². The molecule has 2 rings (SSSR count). The van der Waals surface area contributed by atoms with Gasteiger partial charge in [0.15, 0.2) is 0 Å². The lowest BCUT2D eigenvalue weighted by Crippen LogP contribution is -2.45. The van der Waals surface area contributed by atoms with Crippen molar-refractivity contribution in [2.45, 2.75) is 52.0 Å². The zero-order valence-corrected chi connectivity index (χ0v) is 11.8. The largest absolute Gasteiger partial charge is 0.342 e. The van der Waals surface area contributed by atoms with Gasteiger partial charge in [-0.3, -0.25) is 4.79 Å². The van der Waals surface area contributed by atoms with Gasteiger partial charge < -0.3 is 10.6 Å². The topological polar surface area (TPSA) is 46.3 Å². The summed E-state index contributed by atoms with van der Waals surface area (Å²) in [6.07, 6.45) is 5.30. The molecule has 0 aromatic heterocycles. The van der Waals surface area contributed by atoms with E-state index in [4.69, 9.17) is 5.73 Å². The molecule has 100 valence electrons. The Balaban J connectivity index is 0.00000144. The molecule has 4 heteroatoms. The molecule has 3 nitrogen and oxygen atoms in total. The van der Waals surface area contributed by atoms with Crippen LogP contribution in [-0.2, 0) is 4.79 Å². The number of carbonyl (C=O) groups is 1. The van der Waals surface area contributed by atoms with Crippen molar-refractivity contribution in [1.82, 2.24) is 4.90 Å². The molecule has 0 radical (unpaired) electrons. The average molecular weight is 261 g/mol. The summed E-state index contributed by atoms with van der Waals surface area (Å²) in [4.78, 5) is 14.4. The van der Waals surface area contributed by atoms with E-state index in [1.807, 2.05) is 0 Å². The Kier molecular flexibility index (Phi) is 4.85. The van der Waals surface area contributed by atoms with Crippen LogP contribution in [0.5, 0.6) is 0 Å². The van der Waals surface area contributed by atoms with Crippen LogP contribution in [0, 0.1) is 11.3 Å². The minimum absolute atomic E-state index is 0. The van der Waals surface area contributed by atoms with E-state index in [1.54, 1.807) is 0 Å². The van der Waals surface area contributed by atoms with Crippen LogP contribution in [0.4, 0.5) is 0 Å². The summed E-state index contributed by atoms with van der Waals surface area (Å²) in [6.45, 7) is 6.39. The number of hydrogen-bond donors (Lipinski definition) is 1. The third kappa shape index (κ3) is 3.59. The van der Waals surface area contributed by atoms with Crippen molar-refractivity contribution in [3.05, 3.63) is 0 Å². The van der Waals surface area contributed by atoms with Crippen molar-refractivity contribution < 1.29 is 4.79 Å². The third-order valence-electron chi connectivity index (χ3n) is 4.03. The number of carbonyl (C=O) groups excluding carboxylic acids is 1. The molecule has 1 amide bonds. The molecule has 2 N–H and O–H groups in total. The number of likely N-dealkylation sites (tertiary alicyclic amines) is 1. The second-order valence-corrected chi connectivity index (χ2v) is 6.30. The van der Waals surface area contributed by atoms with Gasteiger partial charge in [-0.15, -0.1) is 12.4 Å². The summed E-state index contributed by atoms with van der Waals surface area (Å²) in [6, 6.07) is 0.256. The van der Waals surface area contributed by atoms with Crippen molar-refractivity contribution in [2.75, 3.05) is 13.1 Å². The first-order chi connectivity index (χ1) is 7.48. The molecule has 2 fully saturated rings. The summed E-state index contributed by atoms with van der Waals surface area (Å²) >= 11 is 0. The Morgan fingerprint density at radius 1 is 1.35 bits per heavy atom. The predicted molar refractivity (Wildman–Crippen MR) is 72.2 cm³/mol. The highest BCUT2D eigenvalue weighted by molar-refractivity contribution is 5.85. The van der Waals surface area contributed by atoms with E-state index < -0.39 is 0 Å². The maximum absolute atomic E-state index is 12.3. The molecule has 1 aliphatic heterocycles. The minimum atomic E-state index is 0. The monoisotopic (exact) mass is 260 g/mol. The average Bonchev–Trinajstić information content (AvgIpc) is 2.62. The van der Waals surface area contributed by atoms with Gasteiger partial charge >= 0.3 is 0 Å². The summed E-state index contributed by atoms with van der Waals surface area (Å²) in [5.74, 6) is 0.574. The number of amides is 1. The van der Waals surface area contributed by atoms with Crippen molar-refractivity contribution >= 4 is 18.3 Å². The fourth-order valence-corrected chi connectivity index (χ4v) is 3.11. The first-order valence-corrected chi connectivity index (χ1v) is 6.52. The molecule has 1 aliphatic carbocycles. The highest BCUT2D eigenvalue weighted by Crippen LogP contribution is 2.32. The van der Waals surface area contributed by atoms with Crippen LogP contribution in [0.15, 0.2) is 0 Å². The molecule has 0 bridgehead atoms. The fraction of sp³-hybridized carbons (Fsp3) is 0.923. The zero-order valence-electron chi connectivity index (χ0n) is 10.9. The van der Waals surface area contributed by atoms with Crippen LogP contribution in [0.2, 0.25) is 0 Å². The standard InChI is InChI=1S/C13H24N2O.ClH/c1-13(2)6-3-7-15(9-13)12(16)10-4-5-11(14)8-10;/h10-11H,3-9,14H2,1-2H3;1H. The second-order valence-electron chi connectivity index (χ2n) is 6.30. The van der Waals surface area contributed by atoms with Gasteiger partial charge in [0.1, 0.15) is 0 Å². The predicted octanol–water partition coefficient (Wildman–Crippen LogP) is 2.18. The number of nitrogens with zero attached hydrogens (tertiary/aromatic N) is 1. The van der Waals surface area contributed by atoms with E-state index in [9.17, 15) is 4.79 Å². The number of rotatable bonds is 1. The van der Waals surface area contributed by atoms with Crippen molar-refractivity contribution in [2.24, 2.45) is 17.1 Å². The van der Waals surface area contributed by atoms with Crippen molar-refractivity contribution in [3.63, 3.8) is 0 Å². The van der Waals surface area contributed by atoms with Crippen LogP contribution in [-0.4, -0.2) is 29.9 Å². The van der Waals surface area contributed by atoms with Gasteiger partial charge in [-0.2, -0.15) is 0 Å². The van der Waals surface area contributed by atoms with Gasteiger partial charge in [0, 0.05) is 25.0 Å². The van der Waals surface area contributed by atoms with Crippen LogP contribution in [0.25, 0.3) is 0 Å². The fourth-order valence-electron chi connectivity index (χ4n) is 3.11. The maximum Gasteiger partial charge on any atom is 0.225 e. The lowest BCUT2D eigenvalue weighted by Gasteiger charge is -2.39. The Labute approximate surface area is 111 Å². The molecule has 17 heavy (non-hydrogen) atoms. The first kappa shape index (κ1) is 14.8. The van der Waals surface area contributed by atoms with Gasteiger partial charge in [0.25, 0.3) is 0 Å². The Morgan fingerprint density at radius 2 is 2.06 bits per heavy atom. The van der Waals surface area contributed by atoms with Crippen LogP contribution in [0.3, 0.4) is 0 Å². The molecule has 2 unspecified atom stereocenters.